The van der Waals surface area contributed by atoms with Crippen LogP contribution in [0.3, 0.4) is 0 Å². The van der Waals surface area contributed by atoms with Crippen LogP contribution in [-0.4, -0.2) is 26.2 Å². The van der Waals surface area contributed by atoms with Gasteiger partial charge in [0.1, 0.15) is 5.75 Å². The summed E-state index contributed by atoms with van der Waals surface area (Å²) in [6.45, 7) is 2.75. The van der Waals surface area contributed by atoms with Crippen LogP contribution in [0, 0.1) is 0 Å². The first-order valence-corrected chi connectivity index (χ1v) is 9.11. The number of fused-ring (bicyclic) bond motifs is 1. The molecular formula is C19H16N4O2S. The van der Waals surface area contributed by atoms with Crippen molar-refractivity contribution >= 4 is 22.4 Å². The van der Waals surface area contributed by atoms with Crippen molar-refractivity contribution in [3.8, 4) is 17.1 Å². The molecule has 0 N–H and O–H groups in total. The molecule has 3 aromatic heterocycles. The summed E-state index contributed by atoms with van der Waals surface area (Å²) in [5, 5.41) is 4.36. The third-order valence-electron chi connectivity index (χ3n) is 3.75. The van der Waals surface area contributed by atoms with Crippen molar-refractivity contribution in [2.24, 2.45) is 0 Å². The van der Waals surface area contributed by atoms with E-state index < -0.39 is 0 Å². The van der Waals surface area contributed by atoms with Crippen molar-refractivity contribution in [2.45, 2.75) is 13.3 Å². The molecule has 0 spiro atoms. The maximum absolute atomic E-state index is 12.5. The first-order chi connectivity index (χ1) is 12.7. The number of ether oxygens (including phenoxy) is 1. The van der Waals surface area contributed by atoms with E-state index in [4.69, 9.17) is 4.74 Å². The molecule has 4 aromatic rings. The fourth-order valence-electron chi connectivity index (χ4n) is 2.49. The number of nitrogens with zero attached hydrogens (tertiary/aromatic N) is 4. The molecule has 1 aromatic carbocycles. The van der Waals surface area contributed by atoms with Crippen molar-refractivity contribution in [1.29, 1.82) is 0 Å². The average Bonchev–Trinajstić information content (AvgIpc) is 3.21. The van der Waals surface area contributed by atoms with E-state index in [1.807, 2.05) is 36.4 Å². The van der Waals surface area contributed by atoms with Crippen LogP contribution < -0.4 is 14.8 Å². The number of aromatic nitrogens is 4. The lowest BCUT2D eigenvalue weighted by atomic mass is 10.2. The standard InChI is InChI=1S/C19H16N4O2S/c1-2-10-25-15-7-5-14(6-8-15)17-21-19-23(22-17)18(24)16(26-19)11-13-4-3-9-20-12-13/h3-9,11-12H,2,10H2,1H3/b16-11+. The Morgan fingerprint density at radius 2 is 2.08 bits per heavy atom. The molecule has 7 heteroatoms. The lowest BCUT2D eigenvalue weighted by Crippen LogP contribution is -2.23. The molecule has 4 rings (SSSR count). The van der Waals surface area contributed by atoms with E-state index >= 15 is 0 Å². The summed E-state index contributed by atoms with van der Waals surface area (Å²) in [4.78, 5) is 21.7. The molecule has 0 aliphatic carbocycles. The van der Waals surface area contributed by atoms with Crippen LogP contribution in [0.5, 0.6) is 5.75 Å². The summed E-state index contributed by atoms with van der Waals surface area (Å²) in [7, 11) is 0. The molecule has 3 heterocycles. The largest absolute Gasteiger partial charge is 0.494 e. The molecule has 0 bridgehead atoms. The normalized spacial score (nSPS) is 12.0. The summed E-state index contributed by atoms with van der Waals surface area (Å²) in [6, 6.07) is 11.3. The van der Waals surface area contributed by atoms with Crippen LogP contribution in [0.4, 0.5) is 0 Å². The lowest BCUT2D eigenvalue weighted by molar-refractivity contribution is 0.317. The molecule has 0 saturated heterocycles. The van der Waals surface area contributed by atoms with Gasteiger partial charge in [0, 0.05) is 18.0 Å². The Balaban J connectivity index is 1.67. The zero-order chi connectivity index (χ0) is 17.9. The molecule has 0 atom stereocenters. The minimum Gasteiger partial charge on any atom is -0.494 e. The van der Waals surface area contributed by atoms with E-state index in [0.29, 0.717) is 21.9 Å². The average molecular weight is 364 g/mol. The van der Waals surface area contributed by atoms with Crippen molar-refractivity contribution in [1.82, 2.24) is 19.6 Å². The Labute approximate surface area is 153 Å². The Hall–Kier alpha value is -3.06. The number of pyridine rings is 1. The Morgan fingerprint density at radius 1 is 1.23 bits per heavy atom. The van der Waals surface area contributed by atoms with Gasteiger partial charge in [-0.15, -0.1) is 5.10 Å². The Bertz CT molecular complexity index is 1130. The molecule has 26 heavy (non-hydrogen) atoms. The minimum absolute atomic E-state index is 0.171. The van der Waals surface area contributed by atoms with Crippen molar-refractivity contribution in [3.63, 3.8) is 0 Å². The highest BCUT2D eigenvalue weighted by Crippen LogP contribution is 2.20. The number of benzene rings is 1. The van der Waals surface area contributed by atoms with E-state index in [9.17, 15) is 4.79 Å². The molecule has 130 valence electrons. The van der Waals surface area contributed by atoms with Gasteiger partial charge in [-0.05, 0) is 48.4 Å². The predicted octanol–water partition coefficient (Wildman–Crippen LogP) is 2.55. The third-order valence-corrected chi connectivity index (χ3v) is 4.71. The highest BCUT2D eigenvalue weighted by Gasteiger charge is 2.12. The highest BCUT2D eigenvalue weighted by molar-refractivity contribution is 7.15. The fourth-order valence-corrected chi connectivity index (χ4v) is 3.40. The van der Waals surface area contributed by atoms with Gasteiger partial charge in [0.2, 0.25) is 4.96 Å². The SMILES string of the molecule is CCCOc1ccc(-c2nc3s/c(=C/c4cccnc4)c(=O)n3n2)cc1. The lowest BCUT2D eigenvalue weighted by Gasteiger charge is -2.04. The van der Waals surface area contributed by atoms with E-state index in [2.05, 4.69) is 22.0 Å². The maximum atomic E-state index is 12.5. The number of hydrogen-bond acceptors (Lipinski definition) is 6. The van der Waals surface area contributed by atoms with Gasteiger partial charge in [-0.1, -0.05) is 24.3 Å². The van der Waals surface area contributed by atoms with Crippen LogP contribution >= 0.6 is 11.3 Å². The number of rotatable bonds is 5. The second-order valence-electron chi connectivity index (χ2n) is 5.70. The molecule has 0 fully saturated rings. The van der Waals surface area contributed by atoms with Gasteiger partial charge < -0.3 is 4.74 Å². The van der Waals surface area contributed by atoms with Crippen molar-refractivity contribution < 1.29 is 4.74 Å². The van der Waals surface area contributed by atoms with E-state index in [1.165, 1.54) is 15.9 Å². The van der Waals surface area contributed by atoms with E-state index in [0.717, 1.165) is 23.3 Å². The Morgan fingerprint density at radius 3 is 2.77 bits per heavy atom. The molecule has 0 aliphatic heterocycles. The smallest absolute Gasteiger partial charge is 0.291 e. The summed E-state index contributed by atoms with van der Waals surface area (Å²) < 4.78 is 7.52. The van der Waals surface area contributed by atoms with E-state index in [-0.39, 0.29) is 5.56 Å². The molecule has 6 nitrogen and oxygen atoms in total. The van der Waals surface area contributed by atoms with E-state index in [1.54, 1.807) is 18.5 Å². The molecule has 0 saturated carbocycles. The zero-order valence-electron chi connectivity index (χ0n) is 14.1. The molecule has 0 amide bonds. The summed E-state index contributed by atoms with van der Waals surface area (Å²) >= 11 is 1.32. The Kier molecular flexibility index (Phi) is 4.45. The van der Waals surface area contributed by atoms with Crippen LogP contribution in [0.1, 0.15) is 18.9 Å². The highest BCUT2D eigenvalue weighted by atomic mass is 32.1. The first-order valence-electron chi connectivity index (χ1n) is 8.29. The molecule has 0 aliphatic rings. The zero-order valence-corrected chi connectivity index (χ0v) is 14.9. The second-order valence-corrected chi connectivity index (χ2v) is 6.71. The van der Waals surface area contributed by atoms with Gasteiger partial charge in [0.25, 0.3) is 5.56 Å². The van der Waals surface area contributed by atoms with Gasteiger partial charge in [-0.2, -0.15) is 9.50 Å². The minimum atomic E-state index is -0.171. The number of hydrogen-bond donors (Lipinski definition) is 0. The van der Waals surface area contributed by atoms with Gasteiger partial charge >= 0.3 is 0 Å². The maximum Gasteiger partial charge on any atom is 0.291 e. The molecule has 0 radical (unpaired) electrons. The quantitative estimate of drug-likeness (QED) is 0.544. The first kappa shape index (κ1) is 16.4. The number of thiazole rings is 1. The summed E-state index contributed by atoms with van der Waals surface area (Å²) in [6.07, 6.45) is 6.17. The topological polar surface area (TPSA) is 69.4 Å². The molecule has 0 unspecified atom stereocenters. The van der Waals surface area contributed by atoms with Crippen LogP contribution in [0.25, 0.3) is 22.4 Å². The van der Waals surface area contributed by atoms with Crippen molar-refractivity contribution in [3.05, 3.63) is 69.2 Å². The monoisotopic (exact) mass is 364 g/mol. The predicted molar refractivity (Wildman–Crippen MR) is 101 cm³/mol. The van der Waals surface area contributed by atoms with Crippen LogP contribution in [0.2, 0.25) is 0 Å². The fraction of sp³-hybridized carbons (Fsp3) is 0.158. The van der Waals surface area contributed by atoms with Gasteiger partial charge in [-0.3, -0.25) is 9.78 Å². The summed E-state index contributed by atoms with van der Waals surface area (Å²) in [5.41, 5.74) is 1.55. The van der Waals surface area contributed by atoms with Crippen LogP contribution in [-0.2, 0) is 0 Å². The van der Waals surface area contributed by atoms with Crippen LogP contribution in [0.15, 0.2) is 53.6 Å². The van der Waals surface area contributed by atoms with Crippen molar-refractivity contribution in [2.75, 3.05) is 6.61 Å². The molecular weight excluding hydrogens is 348 g/mol. The third kappa shape index (κ3) is 3.21. The summed E-state index contributed by atoms with van der Waals surface area (Å²) in [5.74, 6) is 1.35. The van der Waals surface area contributed by atoms with Gasteiger partial charge in [-0.25, -0.2) is 0 Å². The van der Waals surface area contributed by atoms with Gasteiger partial charge in [0.05, 0.1) is 11.1 Å². The second kappa shape index (κ2) is 7.05. The van der Waals surface area contributed by atoms with Gasteiger partial charge in [0.15, 0.2) is 5.82 Å².